The number of methoxy groups -OCH3 is 1. The van der Waals surface area contributed by atoms with E-state index in [9.17, 15) is 10.1 Å². The molecular weight excluding hydrogens is 402 g/mol. The van der Waals surface area contributed by atoms with Gasteiger partial charge in [-0.2, -0.15) is 5.26 Å². The summed E-state index contributed by atoms with van der Waals surface area (Å²) in [6.45, 7) is 2.21. The summed E-state index contributed by atoms with van der Waals surface area (Å²) in [4.78, 5) is 13.6. The van der Waals surface area contributed by atoms with Crippen molar-refractivity contribution in [1.29, 1.82) is 5.26 Å². The van der Waals surface area contributed by atoms with E-state index in [1.807, 2.05) is 0 Å². The van der Waals surface area contributed by atoms with Crippen molar-refractivity contribution in [3.63, 3.8) is 0 Å². The number of nitriles is 1. The van der Waals surface area contributed by atoms with Gasteiger partial charge in [-0.15, -0.1) is 11.3 Å². The number of amides is 1. The summed E-state index contributed by atoms with van der Waals surface area (Å²) in [6, 6.07) is 7.02. The van der Waals surface area contributed by atoms with Gasteiger partial charge in [0, 0.05) is 10.4 Å². The van der Waals surface area contributed by atoms with Gasteiger partial charge in [-0.25, -0.2) is 0 Å². The van der Waals surface area contributed by atoms with Crippen molar-refractivity contribution in [1.82, 2.24) is 5.32 Å². The van der Waals surface area contributed by atoms with Crippen molar-refractivity contribution < 1.29 is 9.53 Å². The van der Waals surface area contributed by atoms with Crippen LogP contribution in [-0.2, 0) is 12.8 Å². The molecule has 1 atom stereocenters. The number of nitrogens with zero attached hydrogens (tertiary/aromatic N) is 1. The van der Waals surface area contributed by atoms with E-state index in [0.717, 1.165) is 24.8 Å². The van der Waals surface area contributed by atoms with Gasteiger partial charge in [0.25, 0.3) is 5.91 Å². The third-order valence-electron chi connectivity index (χ3n) is 4.49. The van der Waals surface area contributed by atoms with Gasteiger partial charge < -0.3 is 10.1 Å². The lowest BCUT2D eigenvalue weighted by Gasteiger charge is -2.17. The number of ether oxygens (including phenoxy) is 1. The number of halogens is 1. The Morgan fingerprint density at radius 1 is 1.48 bits per heavy atom. The lowest BCUT2D eigenvalue weighted by atomic mass is 9.89. The summed E-state index contributed by atoms with van der Waals surface area (Å²) in [5.74, 6) is 0.721. The monoisotopic (exact) mass is 419 g/mol. The molecule has 0 saturated heterocycles. The van der Waals surface area contributed by atoms with E-state index in [0.29, 0.717) is 32.8 Å². The first-order chi connectivity index (χ1) is 12.9. The molecule has 0 fully saturated rings. The normalized spacial score (nSPS) is 15.4. The largest absolute Gasteiger partial charge is 0.495 e. The highest BCUT2D eigenvalue weighted by Gasteiger charge is 2.24. The first-order valence-electron chi connectivity index (χ1n) is 8.43. The van der Waals surface area contributed by atoms with Crippen molar-refractivity contribution in [2.75, 3.05) is 12.4 Å². The SMILES string of the molecule is COc1ccc(C(=O)NC(=S)Nc2sc3c(c2C#N)CC[C@H](C)C3)cc1Cl. The fourth-order valence-electron chi connectivity index (χ4n) is 3.07. The molecule has 1 aliphatic carbocycles. The van der Waals surface area contributed by atoms with Crippen LogP contribution in [0, 0.1) is 17.2 Å². The fraction of sp³-hybridized carbons (Fsp3) is 0.316. The quantitative estimate of drug-likeness (QED) is 0.715. The van der Waals surface area contributed by atoms with Gasteiger partial charge in [0.15, 0.2) is 5.11 Å². The minimum atomic E-state index is -0.384. The third kappa shape index (κ3) is 4.24. The zero-order valence-corrected chi connectivity index (χ0v) is 17.3. The topological polar surface area (TPSA) is 74.2 Å². The molecule has 1 heterocycles. The van der Waals surface area contributed by atoms with Gasteiger partial charge in [0.1, 0.15) is 16.8 Å². The Hall–Kier alpha value is -2.14. The van der Waals surface area contributed by atoms with Crippen LogP contribution >= 0.6 is 35.2 Å². The number of benzene rings is 1. The Morgan fingerprint density at radius 3 is 2.93 bits per heavy atom. The molecular formula is C19H18ClN3O2S2. The van der Waals surface area contributed by atoms with Crippen LogP contribution in [0.25, 0.3) is 0 Å². The summed E-state index contributed by atoms with van der Waals surface area (Å²) in [6.07, 6.45) is 2.96. The first kappa shape index (κ1) is 19.6. The fourth-order valence-corrected chi connectivity index (χ4v) is 4.96. The Morgan fingerprint density at radius 2 is 2.26 bits per heavy atom. The number of carbonyl (C=O) groups excluding carboxylic acids is 1. The molecule has 140 valence electrons. The predicted octanol–water partition coefficient (Wildman–Crippen LogP) is 4.53. The summed E-state index contributed by atoms with van der Waals surface area (Å²) >= 11 is 12.9. The minimum Gasteiger partial charge on any atom is -0.495 e. The average molecular weight is 420 g/mol. The van der Waals surface area contributed by atoms with Crippen molar-refractivity contribution in [2.45, 2.75) is 26.2 Å². The second-order valence-corrected chi connectivity index (χ2v) is 8.35. The summed E-state index contributed by atoms with van der Waals surface area (Å²) in [7, 11) is 1.51. The molecule has 0 saturated carbocycles. The standard InChI is InChI=1S/C19H18ClN3O2S2/c1-10-3-5-12-13(9-21)18(27-16(12)7-10)23-19(26)22-17(24)11-4-6-15(25-2)14(20)8-11/h4,6,8,10H,3,5,7H2,1-2H3,(H2,22,23,24,26)/t10-/m0/s1. The number of nitrogens with one attached hydrogen (secondary N) is 2. The van der Waals surface area contributed by atoms with E-state index in [2.05, 4.69) is 23.6 Å². The maximum Gasteiger partial charge on any atom is 0.257 e. The van der Waals surface area contributed by atoms with Gasteiger partial charge in [0.2, 0.25) is 0 Å². The molecule has 0 bridgehead atoms. The second-order valence-electron chi connectivity index (χ2n) is 6.43. The number of fused-ring (bicyclic) bond motifs is 1. The van der Waals surface area contributed by atoms with Gasteiger partial charge in [-0.3, -0.25) is 10.1 Å². The van der Waals surface area contributed by atoms with E-state index >= 15 is 0 Å². The number of thiophene rings is 1. The van der Waals surface area contributed by atoms with Crippen molar-refractivity contribution >= 4 is 51.2 Å². The maximum atomic E-state index is 12.4. The zero-order chi connectivity index (χ0) is 19.6. The van der Waals surface area contributed by atoms with Crippen LogP contribution in [0.3, 0.4) is 0 Å². The molecule has 1 amide bonds. The molecule has 1 aromatic carbocycles. The van der Waals surface area contributed by atoms with Crippen molar-refractivity contribution in [2.24, 2.45) is 5.92 Å². The second kappa shape index (κ2) is 8.26. The number of carbonyl (C=O) groups is 1. The lowest BCUT2D eigenvalue weighted by molar-refractivity contribution is 0.0977. The van der Waals surface area contributed by atoms with E-state index in [-0.39, 0.29) is 11.0 Å². The van der Waals surface area contributed by atoms with Crippen LogP contribution in [0.2, 0.25) is 5.02 Å². The molecule has 5 nitrogen and oxygen atoms in total. The number of rotatable bonds is 3. The zero-order valence-electron chi connectivity index (χ0n) is 14.9. The van der Waals surface area contributed by atoms with Crippen LogP contribution in [-0.4, -0.2) is 18.1 Å². The highest BCUT2D eigenvalue weighted by Crippen LogP contribution is 2.39. The molecule has 1 aliphatic rings. The highest BCUT2D eigenvalue weighted by molar-refractivity contribution is 7.80. The molecule has 0 unspecified atom stereocenters. The molecule has 2 aromatic rings. The summed E-state index contributed by atoms with van der Waals surface area (Å²) in [5.41, 5.74) is 2.11. The van der Waals surface area contributed by atoms with E-state index in [1.165, 1.54) is 29.4 Å². The van der Waals surface area contributed by atoms with E-state index < -0.39 is 0 Å². The van der Waals surface area contributed by atoms with Crippen LogP contribution in [0.1, 0.15) is 39.7 Å². The Labute approximate surface area is 172 Å². The van der Waals surface area contributed by atoms with Crippen LogP contribution < -0.4 is 15.4 Å². The highest BCUT2D eigenvalue weighted by atomic mass is 35.5. The molecule has 27 heavy (non-hydrogen) atoms. The Bertz CT molecular complexity index is 949. The van der Waals surface area contributed by atoms with E-state index in [1.54, 1.807) is 12.1 Å². The number of hydrogen-bond acceptors (Lipinski definition) is 5. The molecule has 0 radical (unpaired) electrons. The number of anilines is 1. The molecule has 3 rings (SSSR count). The average Bonchev–Trinajstić information content (AvgIpc) is 2.97. The molecule has 0 spiro atoms. The minimum absolute atomic E-state index is 0.148. The van der Waals surface area contributed by atoms with Crippen LogP contribution in [0.5, 0.6) is 5.75 Å². The molecule has 1 aromatic heterocycles. The van der Waals surface area contributed by atoms with Crippen molar-refractivity contribution in [3.8, 4) is 11.8 Å². The third-order valence-corrected chi connectivity index (χ3v) is 6.16. The van der Waals surface area contributed by atoms with Crippen molar-refractivity contribution in [3.05, 3.63) is 44.8 Å². The molecule has 0 aliphatic heterocycles. The number of hydrogen-bond donors (Lipinski definition) is 2. The summed E-state index contributed by atoms with van der Waals surface area (Å²) < 4.78 is 5.08. The van der Waals surface area contributed by atoms with E-state index in [4.69, 9.17) is 28.6 Å². The van der Waals surface area contributed by atoms with Crippen LogP contribution in [0.15, 0.2) is 18.2 Å². The number of thiocarbonyl (C=S) groups is 1. The molecule has 2 N–H and O–H groups in total. The predicted molar refractivity (Wildman–Crippen MR) is 112 cm³/mol. The van der Waals surface area contributed by atoms with Gasteiger partial charge in [-0.1, -0.05) is 18.5 Å². The van der Waals surface area contributed by atoms with Gasteiger partial charge in [0.05, 0.1) is 17.7 Å². The van der Waals surface area contributed by atoms with Gasteiger partial charge >= 0.3 is 0 Å². The maximum absolute atomic E-state index is 12.4. The first-order valence-corrected chi connectivity index (χ1v) is 10.0. The Kier molecular flexibility index (Phi) is 6.00. The smallest absolute Gasteiger partial charge is 0.257 e. The molecule has 8 heteroatoms. The van der Waals surface area contributed by atoms with Gasteiger partial charge in [-0.05, 0) is 61.2 Å². The lowest BCUT2D eigenvalue weighted by Crippen LogP contribution is -2.34. The Balaban J connectivity index is 1.72. The summed E-state index contributed by atoms with van der Waals surface area (Å²) in [5, 5.41) is 16.4. The van der Waals surface area contributed by atoms with Crippen LogP contribution in [0.4, 0.5) is 5.00 Å².